The molecule has 0 saturated heterocycles. The van der Waals surface area contributed by atoms with Crippen LogP contribution in [0.2, 0.25) is 0 Å². The predicted molar refractivity (Wildman–Crippen MR) is 221 cm³/mol. The van der Waals surface area contributed by atoms with Crippen LogP contribution in [0, 0.1) is 0 Å². The molecule has 0 amide bonds. The van der Waals surface area contributed by atoms with Gasteiger partial charge in [-0.15, -0.1) is 0 Å². The summed E-state index contributed by atoms with van der Waals surface area (Å²) in [5.74, 6) is -0.274. The third-order valence-corrected chi connectivity index (χ3v) is 9.16. The van der Waals surface area contributed by atoms with E-state index in [1.807, 2.05) is 6.08 Å². The lowest BCUT2D eigenvalue weighted by Crippen LogP contribution is -2.29. The van der Waals surface area contributed by atoms with E-state index < -0.39 is 0 Å². The highest BCUT2D eigenvalue weighted by Gasteiger charge is 2.13. The third kappa shape index (κ3) is 39.5. The molecule has 8 heteroatoms. The molecule has 53 heavy (non-hydrogen) atoms. The van der Waals surface area contributed by atoms with Crippen LogP contribution in [0.4, 0.5) is 0 Å². The number of aliphatic hydroxyl groups excluding tert-OH is 1. The number of carbonyl (C=O) groups is 2. The second kappa shape index (κ2) is 42.7. The summed E-state index contributed by atoms with van der Waals surface area (Å²) in [7, 11) is 0. The minimum absolute atomic E-state index is 0.0955. The Kier molecular flexibility index (Phi) is 41.1. The Hall–Kier alpha value is -2.00. The first kappa shape index (κ1) is 51.0. The molecule has 0 saturated carbocycles. The van der Waals surface area contributed by atoms with Crippen LogP contribution in [0.3, 0.4) is 0 Å². The molecule has 0 unspecified atom stereocenters. The zero-order chi connectivity index (χ0) is 38.7. The zero-order valence-electron chi connectivity index (χ0n) is 34.7. The molecule has 1 N–H and O–H groups in total. The fraction of sp³-hybridized carbons (Fsp3) is 0.822. The molecule has 0 rings (SSSR count). The standard InChI is InChI=1S/C45H83NO7/c1-4-7-10-13-16-23-28-39-50-43(48)32-25-18-17-19-26-35-46(37-38-47)36-27-20-24-29-40-51-44(49)33-34-45(52-41-30-21-14-11-8-5-2)53-42-31-22-15-12-9-6-3/h8-9,11-12,23,28,45,47H,4-7,10,13-22,24-27,29-42H2,1-3H3/b11-8-,12-9-,28-23+. The van der Waals surface area contributed by atoms with Gasteiger partial charge in [0.05, 0.1) is 19.6 Å². The van der Waals surface area contributed by atoms with Gasteiger partial charge in [-0.2, -0.15) is 0 Å². The molecular formula is C45H83NO7. The zero-order valence-corrected chi connectivity index (χ0v) is 34.7. The van der Waals surface area contributed by atoms with E-state index in [0.717, 1.165) is 129 Å². The summed E-state index contributed by atoms with van der Waals surface area (Å²) in [5.41, 5.74) is 0. The largest absolute Gasteiger partial charge is 0.466 e. The van der Waals surface area contributed by atoms with Crippen LogP contribution < -0.4 is 0 Å². The molecule has 310 valence electrons. The van der Waals surface area contributed by atoms with Crippen molar-refractivity contribution in [2.75, 3.05) is 52.7 Å². The van der Waals surface area contributed by atoms with E-state index in [-0.39, 0.29) is 24.8 Å². The minimum Gasteiger partial charge on any atom is -0.466 e. The number of hydrogen-bond donors (Lipinski definition) is 1. The lowest BCUT2D eigenvalue weighted by Gasteiger charge is -2.21. The van der Waals surface area contributed by atoms with Gasteiger partial charge in [-0.1, -0.05) is 109 Å². The van der Waals surface area contributed by atoms with E-state index in [0.29, 0.717) is 52.2 Å². The number of unbranched alkanes of at least 4 members (excludes halogenated alkanes) is 15. The van der Waals surface area contributed by atoms with Crippen molar-refractivity contribution in [3.63, 3.8) is 0 Å². The van der Waals surface area contributed by atoms with Crippen LogP contribution in [0.25, 0.3) is 0 Å². The second-order valence-electron chi connectivity index (χ2n) is 14.2. The number of esters is 2. The van der Waals surface area contributed by atoms with Gasteiger partial charge in [0.15, 0.2) is 6.29 Å². The highest BCUT2D eigenvalue weighted by molar-refractivity contribution is 5.69. The summed E-state index contributed by atoms with van der Waals surface area (Å²) in [5, 5.41) is 9.52. The van der Waals surface area contributed by atoms with E-state index >= 15 is 0 Å². The first-order valence-corrected chi connectivity index (χ1v) is 21.9. The summed E-state index contributed by atoms with van der Waals surface area (Å²) in [6.45, 7) is 11.5. The monoisotopic (exact) mass is 750 g/mol. The van der Waals surface area contributed by atoms with Gasteiger partial charge in [-0.25, -0.2) is 0 Å². The summed E-state index contributed by atoms with van der Waals surface area (Å²) >= 11 is 0. The molecule has 0 radical (unpaired) electrons. The van der Waals surface area contributed by atoms with Gasteiger partial charge in [-0.3, -0.25) is 9.59 Å². The average molecular weight is 750 g/mol. The number of aliphatic hydroxyl groups is 1. The number of nitrogens with zero attached hydrogens (tertiary/aromatic N) is 1. The van der Waals surface area contributed by atoms with Gasteiger partial charge in [0, 0.05) is 32.6 Å². The van der Waals surface area contributed by atoms with E-state index in [1.54, 1.807) is 0 Å². The highest BCUT2D eigenvalue weighted by atomic mass is 16.7. The molecule has 0 aliphatic rings. The van der Waals surface area contributed by atoms with Crippen LogP contribution in [0.15, 0.2) is 36.5 Å². The first-order chi connectivity index (χ1) is 26.1. The van der Waals surface area contributed by atoms with Crippen LogP contribution >= 0.6 is 0 Å². The van der Waals surface area contributed by atoms with Crippen molar-refractivity contribution >= 4 is 11.9 Å². The number of rotatable bonds is 41. The van der Waals surface area contributed by atoms with Crippen LogP contribution in [-0.2, 0) is 28.5 Å². The van der Waals surface area contributed by atoms with Crippen molar-refractivity contribution in [2.45, 2.75) is 188 Å². The molecular weight excluding hydrogens is 666 g/mol. The van der Waals surface area contributed by atoms with Crippen molar-refractivity contribution in [3.05, 3.63) is 36.5 Å². The Balaban J connectivity index is 4.01. The van der Waals surface area contributed by atoms with Crippen molar-refractivity contribution in [3.8, 4) is 0 Å². The van der Waals surface area contributed by atoms with E-state index in [4.69, 9.17) is 18.9 Å². The molecule has 0 heterocycles. The van der Waals surface area contributed by atoms with Gasteiger partial charge in [0.25, 0.3) is 0 Å². The molecule has 0 aromatic carbocycles. The van der Waals surface area contributed by atoms with E-state index in [1.165, 1.54) is 25.7 Å². The molecule has 0 aromatic rings. The molecule has 0 aliphatic heterocycles. The quantitative estimate of drug-likeness (QED) is 0.0286. The Morgan fingerprint density at radius 1 is 0.528 bits per heavy atom. The Morgan fingerprint density at radius 2 is 1.04 bits per heavy atom. The Labute approximate surface area is 326 Å². The van der Waals surface area contributed by atoms with Gasteiger partial charge in [0.1, 0.15) is 6.61 Å². The Bertz CT molecular complexity index is 851. The van der Waals surface area contributed by atoms with Crippen molar-refractivity contribution in [1.82, 2.24) is 4.90 Å². The van der Waals surface area contributed by atoms with Crippen molar-refractivity contribution < 1.29 is 33.6 Å². The molecule has 0 atom stereocenters. The molecule has 0 fully saturated rings. The van der Waals surface area contributed by atoms with Crippen LogP contribution in [0.1, 0.15) is 181 Å². The highest BCUT2D eigenvalue weighted by Crippen LogP contribution is 2.12. The number of ether oxygens (including phenoxy) is 4. The molecule has 8 nitrogen and oxygen atoms in total. The van der Waals surface area contributed by atoms with Gasteiger partial charge in [-0.05, 0) is 103 Å². The molecule has 0 bridgehead atoms. The lowest BCUT2D eigenvalue weighted by atomic mass is 10.1. The maximum atomic E-state index is 12.5. The fourth-order valence-electron chi connectivity index (χ4n) is 5.93. The maximum absolute atomic E-state index is 12.5. The number of allylic oxidation sites excluding steroid dienone is 5. The summed E-state index contributed by atoms with van der Waals surface area (Å²) in [6, 6.07) is 0. The SMILES string of the molecule is CC/C=C\CCCCOC(CCC(=O)OCCCCCCN(CCO)CCCCCCCC(=O)OC/C=C/CCCCCC)OCCCC/C=C\CC. The van der Waals surface area contributed by atoms with Crippen LogP contribution in [-0.4, -0.2) is 80.9 Å². The van der Waals surface area contributed by atoms with E-state index in [9.17, 15) is 14.7 Å². The number of carbonyl (C=O) groups excluding carboxylic acids is 2. The predicted octanol–water partition coefficient (Wildman–Crippen LogP) is 11.2. The van der Waals surface area contributed by atoms with Crippen molar-refractivity contribution in [1.29, 1.82) is 0 Å². The van der Waals surface area contributed by atoms with Crippen LogP contribution in [0.5, 0.6) is 0 Å². The van der Waals surface area contributed by atoms with Gasteiger partial charge >= 0.3 is 11.9 Å². The molecule has 0 aliphatic carbocycles. The topological polar surface area (TPSA) is 94.5 Å². The fourth-order valence-corrected chi connectivity index (χ4v) is 5.93. The molecule has 0 spiro atoms. The smallest absolute Gasteiger partial charge is 0.306 e. The molecule has 0 aromatic heterocycles. The summed E-state index contributed by atoms with van der Waals surface area (Å²) < 4.78 is 22.9. The average Bonchev–Trinajstić information content (AvgIpc) is 3.15. The minimum atomic E-state index is -0.361. The van der Waals surface area contributed by atoms with Gasteiger partial charge in [0.2, 0.25) is 0 Å². The normalized spacial score (nSPS) is 12.0. The third-order valence-electron chi connectivity index (χ3n) is 9.16. The van der Waals surface area contributed by atoms with Crippen molar-refractivity contribution in [2.24, 2.45) is 0 Å². The number of hydrogen-bond acceptors (Lipinski definition) is 8. The summed E-state index contributed by atoms with van der Waals surface area (Å²) in [6.07, 6.45) is 37.8. The Morgan fingerprint density at radius 3 is 1.64 bits per heavy atom. The second-order valence-corrected chi connectivity index (χ2v) is 14.2. The summed E-state index contributed by atoms with van der Waals surface area (Å²) in [4.78, 5) is 26.7. The first-order valence-electron chi connectivity index (χ1n) is 21.9. The van der Waals surface area contributed by atoms with E-state index in [2.05, 4.69) is 56.1 Å². The maximum Gasteiger partial charge on any atom is 0.306 e. The lowest BCUT2D eigenvalue weighted by molar-refractivity contribution is -0.159. The van der Waals surface area contributed by atoms with Gasteiger partial charge < -0.3 is 29.0 Å².